The standard InChI is InChI=1S/C25H27F4N5O4S/c1-14(2)13-38-18-11-16(10-17(26)12-18)20-9-8-19(23(31-20)34(4)15(3)25(27,28)29)24(35)33-39(36,37)22-7-5-6-21(30)32-22/h5-12,14-15H,13H2,1-4H3,(H2,30,32)(H,33,35)/t15-/m0/s1. The number of benzene rings is 1. The van der Waals surface area contributed by atoms with Gasteiger partial charge in [0, 0.05) is 18.7 Å². The minimum Gasteiger partial charge on any atom is -0.493 e. The molecule has 0 saturated carbocycles. The monoisotopic (exact) mass is 569 g/mol. The smallest absolute Gasteiger partial charge is 0.408 e. The number of rotatable bonds is 9. The van der Waals surface area contributed by atoms with E-state index in [2.05, 4.69) is 9.97 Å². The van der Waals surface area contributed by atoms with Gasteiger partial charge in [-0.25, -0.2) is 19.1 Å². The van der Waals surface area contributed by atoms with Gasteiger partial charge in [0.1, 0.15) is 29.2 Å². The molecule has 3 aromatic rings. The maximum Gasteiger partial charge on any atom is 0.408 e. The van der Waals surface area contributed by atoms with Crippen molar-refractivity contribution in [3.05, 3.63) is 59.9 Å². The number of halogens is 4. The normalized spacial score (nSPS) is 12.7. The van der Waals surface area contributed by atoms with Crippen LogP contribution in [-0.4, -0.2) is 50.2 Å². The van der Waals surface area contributed by atoms with E-state index in [1.165, 1.54) is 24.3 Å². The highest BCUT2D eigenvalue weighted by Gasteiger charge is 2.40. The summed E-state index contributed by atoms with van der Waals surface area (Å²) in [6.45, 7) is 4.95. The zero-order valence-corrected chi connectivity index (χ0v) is 22.3. The Labute approximate surface area is 223 Å². The Morgan fingerprint density at radius 2 is 1.79 bits per heavy atom. The molecule has 0 radical (unpaired) electrons. The average Bonchev–Trinajstić information content (AvgIpc) is 2.85. The molecular formula is C25H27F4N5O4S. The van der Waals surface area contributed by atoms with Gasteiger partial charge in [-0.1, -0.05) is 19.9 Å². The predicted molar refractivity (Wildman–Crippen MR) is 137 cm³/mol. The summed E-state index contributed by atoms with van der Waals surface area (Å²) in [6, 6.07) is 7.71. The van der Waals surface area contributed by atoms with E-state index in [0.717, 1.165) is 38.2 Å². The van der Waals surface area contributed by atoms with Crippen molar-refractivity contribution in [2.75, 3.05) is 24.3 Å². The molecule has 14 heteroatoms. The van der Waals surface area contributed by atoms with Crippen LogP contribution in [0.1, 0.15) is 31.1 Å². The van der Waals surface area contributed by atoms with Crippen molar-refractivity contribution in [3.8, 4) is 17.0 Å². The largest absolute Gasteiger partial charge is 0.493 e. The van der Waals surface area contributed by atoms with Gasteiger partial charge in [-0.05, 0) is 49.2 Å². The number of aromatic nitrogens is 2. The molecule has 0 aliphatic heterocycles. The summed E-state index contributed by atoms with van der Waals surface area (Å²) in [6.07, 6.45) is -4.71. The number of anilines is 2. The van der Waals surface area contributed by atoms with Crippen LogP contribution in [0.2, 0.25) is 0 Å². The molecule has 0 aliphatic carbocycles. The Hall–Kier alpha value is -3.94. The van der Waals surface area contributed by atoms with Crippen LogP contribution in [-0.2, 0) is 10.0 Å². The number of hydrogen-bond donors (Lipinski definition) is 2. The average molecular weight is 570 g/mol. The first-order chi connectivity index (χ1) is 18.1. The molecular weight excluding hydrogens is 542 g/mol. The van der Waals surface area contributed by atoms with Crippen molar-refractivity contribution in [2.45, 2.75) is 38.0 Å². The zero-order chi connectivity index (χ0) is 29.1. The number of nitrogens with two attached hydrogens (primary N) is 1. The topological polar surface area (TPSA) is 128 Å². The van der Waals surface area contributed by atoms with E-state index >= 15 is 0 Å². The zero-order valence-electron chi connectivity index (χ0n) is 21.5. The molecule has 2 aromatic heterocycles. The van der Waals surface area contributed by atoms with Gasteiger partial charge in [0.15, 0.2) is 5.03 Å². The molecule has 1 atom stereocenters. The molecule has 3 rings (SSSR count). The van der Waals surface area contributed by atoms with Crippen LogP contribution in [0.5, 0.6) is 5.75 Å². The number of nitrogens with one attached hydrogen (secondary N) is 1. The number of sulfonamides is 1. The van der Waals surface area contributed by atoms with Crippen LogP contribution in [0.15, 0.2) is 53.6 Å². The van der Waals surface area contributed by atoms with E-state index < -0.39 is 50.4 Å². The van der Waals surface area contributed by atoms with E-state index in [9.17, 15) is 30.8 Å². The maximum absolute atomic E-state index is 14.4. The van der Waals surface area contributed by atoms with Gasteiger partial charge in [-0.15, -0.1) is 0 Å². The summed E-state index contributed by atoms with van der Waals surface area (Å²) in [5, 5.41) is -0.562. The first kappa shape index (κ1) is 29.6. The number of ether oxygens (including phenoxy) is 1. The van der Waals surface area contributed by atoms with Crippen molar-refractivity contribution in [2.24, 2.45) is 5.92 Å². The van der Waals surface area contributed by atoms with Crippen LogP contribution in [0.4, 0.5) is 29.2 Å². The Kier molecular flexibility index (Phi) is 8.68. The number of amides is 1. The van der Waals surface area contributed by atoms with Gasteiger partial charge in [-0.3, -0.25) is 4.79 Å². The van der Waals surface area contributed by atoms with E-state index in [-0.39, 0.29) is 28.7 Å². The first-order valence-electron chi connectivity index (χ1n) is 11.6. The first-order valence-corrected chi connectivity index (χ1v) is 13.1. The number of carbonyl (C=O) groups excluding carboxylic acids is 1. The second-order valence-corrected chi connectivity index (χ2v) is 10.7. The molecule has 2 heterocycles. The molecule has 0 aliphatic rings. The second kappa shape index (κ2) is 11.4. The molecule has 210 valence electrons. The second-order valence-electron chi connectivity index (χ2n) is 9.11. The third-order valence-electron chi connectivity index (χ3n) is 5.51. The summed E-state index contributed by atoms with van der Waals surface area (Å²) in [7, 11) is -3.48. The van der Waals surface area contributed by atoms with Crippen LogP contribution in [0.3, 0.4) is 0 Å². The molecule has 3 N–H and O–H groups in total. The van der Waals surface area contributed by atoms with Crippen molar-refractivity contribution >= 4 is 27.6 Å². The van der Waals surface area contributed by atoms with Crippen LogP contribution in [0.25, 0.3) is 11.3 Å². The molecule has 1 aromatic carbocycles. The fourth-order valence-electron chi connectivity index (χ4n) is 3.32. The number of nitrogen functional groups attached to an aromatic ring is 1. The lowest BCUT2D eigenvalue weighted by molar-refractivity contribution is -0.144. The number of carbonyl (C=O) groups is 1. The highest BCUT2D eigenvalue weighted by molar-refractivity contribution is 7.90. The molecule has 9 nitrogen and oxygen atoms in total. The SMILES string of the molecule is CC(C)COc1cc(F)cc(-c2ccc(C(=O)NS(=O)(=O)c3cccc(N)n3)c(N(C)[C@@H](C)C(F)(F)F)n2)c1. The molecule has 0 saturated heterocycles. The highest BCUT2D eigenvalue weighted by Crippen LogP contribution is 2.32. The summed E-state index contributed by atoms with van der Waals surface area (Å²) in [4.78, 5) is 21.6. The number of pyridine rings is 2. The third-order valence-corrected chi connectivity index (χ3v) is 6.74. The summed E-state index contributed by atoms with van der Waals surface area (Å²) < 4.78 is 87.8. The fourth-order valence-corrected chi connectivity index (χ4v) is 4.27. The van der Waals surface area contributed by atoms with Gasteiger partial charge in [0.2, 0.25) is 0 Å². The summed E-state index contributed by atoms with van der Waals surface area (Å²) in [5.41, 5.74) is 5.24. The Balaban J connectivity index is 2.08. The van der Waals surface area contributed by atoms with Crippen molar-refractivity contribution in [1.82, 2.24) is 14.7 Å². The van der Waals surface area contributed by atoms with Gasteiger partial charge in [0.25, 0.3) is 15.9 Å². The van der Waals surface area contributed by atoms with Crippen molar-refractivity contribution in [1.29, 1.82) is 0 Å². The lowest BCUT2D eigenvalue weighted by Crippen LogP contribution is -2.43. The van der Waals surface area contributed by atoms with Gasteiger partial charge in [0.05, 0.1) is 17.9 Å². The maximum atomic E-state index is 14.4. The van der Waals surface area contributed by atoms with Crippen LogP contribution >= 0.6 is 0 Å². The highest BCUT2D eigenvalue weighted by atomic mass is 32.2. The van der Waals surface area contributed by atoms with E-state index in [0.29, 0.717) is 11.5 Å². The predicted octanol–water partition coefficient (Wildman–Crippen LogP) is 4.41. The quantitative estimate of drug-likeness (QED) is 0.363. The van der Waals surface area contributed by atoms with Crippen LogP contribution in [0, 0.1) is 11.7 Å². The van der Waals surface area contributed by atoms with E-state index in [1.807, 2.05) is 13.8 Å². The fraction of sp³-hybridized carbons (Fsp3) is 0.320. The Bertz CT molecular complexity index is 1470. The summed E-state index contributed by atoms with van der Waals surface area (Å²) >= 11 is 0. The van der Waals surface area contributed by atoms with Crippen LogP contribution < -0.4 is 20.1 Å². The molecule has 0 fully saturated rings. The van der Waals surface area contributed by atoms with E-state index in [4.69, 9.17) is 10.5 Å². The lowest BCUT2D eigenvalue weighted by atomic mass is 10.1. The van der Waals surface area contributed by atoms with Crippen molar-refractivity contribution < 1.29 is 35.5 Å². The van der Waals surface area contributed by atoms with Crippen molar-refractivity contribution in [3.63, 3.8) is 0 Å². The molecule has 39 heavy (non-hydrogen) atoms. The third kappa shape index (κ3) is 7.34. The van der Waals surface area contributed by atoms with E-state index in [1.54, 1.807) is 4.72 Å². The molecule has 0 spiro atoms. The number of hydrogen-bond acceptors (Lipinski definition) is 8. The number of nitrogens with zero attached hydrogens (tertiary/aromatic N) is 3. The molecule has 0 bridgehead atoms. The Morgan fingerprint density at radius 1 is 1.10 bits per heavy atom. The minimum absolute atomic E-state index is 0.0250. The van der Waals surface area contributed by atoms with Gasteiger partial charge >= 0.3 is 6.18 Å². The van der Waals surface area contributed by atoms with Gasteiger partial charge < -0.3 is 15.4 Å². The summed E-state index contributed by atoms with van der Waals surface area (Å²) in [5.74, 6) is -2.21. The molecule has 0 unspecified atom stereocenters. The molecule has 1 amide bonds. The number of alkyl halides is 3. The minimum atomic E-state index is -4.71. The lowest BCUT2D eigenvalue weighted by Gasteiger charge is -2.29. The Morgan fingerprint density at radius 3 is 2.41 bits per heavy atom. The van der Waals surface area contributed by atoms with Gasteiger partial charge in [-0.2, -0.15) is 21.6 Å².